The highest BCUT2D eigenvalue weighted by molar-refractivity contribution is 7.89. The molecule has 0 radical (unpaired) electrons. The number of carbonyl (C=O) groups is 2. The van der Waals surface area contributed by atoms with E-state index in [1.54, 1.807) is 0 Å². The van der Waals surface area contributed by atoms with Crippen molar-refractivity contribution in [1.82, 2.24) is 10.9 Å². The summed E-state index contributed by atoms with van der Waals surface area (Å²) in [5.74, 6) is -2.40. The average molecular weight is 402 g/mol. The Morgan fingerprint density at radius 2 is 1.62 bits per heavy atom. The number of rotatable bonds is 4. The van der Waals surface area contributed by atoms with Gasteiger partial charge in [0.2, 0.25) is 10.0 Å². The van der Waals surface area contributed by atoms with E-state index >= 15 is 0 Å². The zero-order chi connectivity index (χ0) is 19.5. The van der Waals surface area contributed by atoms with Crippen molar-refractivity contribution in [1.29, 1.82) is 0 Å². The molecule has 11 heteroatoms. The second-order valence-corrected chi connectivity index (χ2v) is 6.88. The van der Waals surface area contributed by atoms with Gasteiger partial charge < -0.3 is 4.74 Å². The molecule has 8 nitrogen and oxygen atoms in total. The molecule has 0 saturated carbocycles. The number of carbonyl (C=O) groups excluding carboxylic acids is 2. The third kappa shape index (κ3) is 4.48. The zero-order valence-electron chi connectivity index (χ0n) is 13.2. The van der Waals surface area contributed by atoms with Gasteiger partial charge in [0.1, 0.15) is 4.90 Å². The summed E-state index contributed by atoms with van der Waals surface area (Å²) in [6.07, 6.45) is 0. The Morgan fingerprint density at radius 3 is 2.12 bits per heavy atom. The van der Waals surface area contributed by atoms with Gasteiger partial charge in [-0.15, -0.1) is 0 Å². The number of hydrogen-bond acceptors (Lipinski definition) is 5. The number of ether oxygens (including phenoxy) is 1. The summed E-state index contributed by atoms with van der Waals surface area (Å²) in [6.45, 7) is 0. The van der Waals surface area contributed by atoms with Crippen LogP contribution in [0.15, 0.2) is 41.3 Å². The number of amides is 2. The summed E-state index contributed by atoms with van der Waals surface area (Å²) >= 11 is 5.73. The normalized spacial score (nSPS) is 10.9. The van der Waals surface area contributed by atoms with E-state index in [0.717, 1.165) is 12.1 Å². The Bertz CT molecular complexity index is 981. The molecular formula is C15H13ClFN3O5S. The summed E-state index contributed by atoms with van der Waals surface area (Å²) in [7, 11) is -2.85. The summed E-state index contributed by atoms with van der Waals surface area (Å²) in [5, 5.41) is 4.85. The standard InChI is InChI=1S/C15H13ClFN3O5S/c1-25-12-5-3-8(6-11(12)17)14(21)19-20-15(22)9-2-4-10(16)13(7-9)26(18,23)24/h2-7H,1H3,(H,19,21)(H,20,22)(H2,18,23,24). The maximum absolute atomic E-state index is 13.6. The van der Waals surface area contributed by atoms with Crippen LogP contribution < -0.4 is 20.7 Å². The topological polar surface area (TPSA) is 128 Å². The number of hydrazine groups is 1. The van der Waals surface area contributed by atoms with Crippen molar-refractivity contribution in [2.24, 2.45) is 5.14 Å². The zero-order valence-corrected chi connectivity index (χ0v) is 14.8. The molecule has 26 heavy (non-hydrogen) atoms. The van der Waals surface area contributed by atoms with Crippen LogP contribution in [0.2, 0.25) is 5.02 Å². The van der Waals surface area contributed by atoms with Crippen LogP contribution in [-0.2, 0) is 10.0 Å². The van der Waals surface area contributed by atoms with Crippen molar-refractivity contribution < 1.29 is 27.1 Å². The lowest BCUT2D eigenvalue weighted by molar-refractivity contribution is 0.0846. The summed E-state index contributed by atoms with van der Waals surface area (Å²) in [4.78, 5) is 23.5. The van der Waals surface area contributed by atoms with Gasteiger partial charge in [-0.05, 0) is 36.4 Å². The van der Waals surface area contributed by atoms with Crippen LogP contribution >= 0.6 is 11.6 Å². The van der Waals surface area contributed by atoms with Crippen molar-refractivity contribution in [2.75, 3.05) is 7.11 Å². The molecule has 0 bridgehead atoms. The van der Waals surface area contributed by atoms with E-state index in [9.17, 15) is 22.4 Å². The van der Waals surface area contributed by atoms with Gasteiger partial charge in [0, 0.05) is 11.1 Å². The van der Waals surface area contributed by atoms with E-state index in [2.05, 4.69) is 10.9 Å². The molecule has 0 atom stereocenters. The Morgan fingerprint density at radius 1 is 1.08 bits per heavy atom. The fraction of sp³-hybridized carbons (Fsp3) is 0.0667. The lowest BCUT2D eigenvalue weighted by Gasteiger charge is -2.09. The molecule has 0 unspecified atom stereocenters. The van der Waals surface area contributed by atoms with E-state index in [1.807, 2.05) is 0 Å². The molecule has 0 aliphatic heterocycles. The maximum atomic E-state index is 13.6. The Balaban J connectivity index is 2.11. The molecule has 0 spiro atoms. The van der Waals surface area contributed by atoms with Gasteiger partial charge in [-0.25, -0.2) is 17.9 Å². The first-order chi connectivity index (χ1) is 12.1. The molecule has 0 aliphatic rings. The first kappa shape index (κ1) is 19.6. The number of methoxy groups -OCH3 is 1. The van der Waals surface area contributed by atoms with E-state index in [-0.39, 0.29) is 21.9 Å². The van der Waals surface area contributed by atoms with Crippen molar-refractivity contribution in [3.8, 4) is 5.75 Å². The minimum absolute atomic E-state index is 0.0396. The molecule has 138 valence electrons. The Kier molecular flexibility index (Phi) is 5.80. The number of halogens is 2. The second kappa shape index (κ2) is 7.68. The monoisotopic (exact) mass is 401 g/mol. The van der Waals surface area contributed by atoms with E-state index < -0.39 is 32.6 Å². The van der Waals surface area contributed by atoms with E-state index in [4.69, 9.17) is 21.5 Å². The number of benzene rings is 2. The predicted octanol–water partition coefficient (Wildman–Crippen LogP) is 1.21. The fourth-order valence-electron chi connectivity index (χ4n) is 1.93. The molecule has 0 aliphatic carbocycles. The minimum Gasteiger partial charge on any atom is -0.494 e. The quantitative estimate of drug-likeness (QED) is 0.663. The molecular weight excluding hydrogens is 389 g/mol. The largest absolute Gasteiger partial charge is 0.494 e. The molecule has 0 heterocycles. The van der Waals surface area contributed by atoms with Crippen LogP contribution in [-0.4, -0.2) is 27.3 Å². The molecule has 4 N–H and O–H groups in total. The lowest BCUT2D eigenvalue weighted by Crippen LogP contribution is -2.41. The van der Waals surface area contributed by atoms with Crippen molar-refractivity contribution >= 4 is 33.4 Å². The highest BCUT2D eigenvalue weighted by Crippen LogP contribution is 2.21. The first-order valence-electron chi connectivity index (χ1n) is 6.90. The average Bonchev–Trinajstić information content (AvgIpc) is 2.58. The van der Waals surface area contributed by atoms with Crippen molar-refractivity contribution in [3.63, 3.8) is 0 Å². The maximum Gasteiger partial charge on any atom is 0.269 e. The van der Waals surface area contributed by atoms with Crippen molar-refractivity contribution in [2.45, 2.75) is 4.90 Å². The Hall–Kier alpha value is -2.69. The number of hydrogen-bond donors (Lipinski definition) is 3. The van der Waals surface area contributed by atoms with E-state index in [0.29, 0.717) is 0 Å². The molecule has 2 rings (SSSR count). The van der Waals surface area contributed by atoms with Crippen LogP contribution in [0.25, 0.3) is 0 Å². The SMILES string of the molecule is COc1ccc(C(=O)NNC(=O)c2ccc(Cl)c(S(N)(=O)=O)c2)cc1F. The van der Waals surface area contributed by atoms with Gasteiger partial charge in [0.05, 0.1) is 12.1 Å². The number of nitrogens with one attached hydrogen (secondary N) is 2. The number of sulfonamides is 1. The van der Waals surface area contributed by atoms with Crippen LogP contribution in [0.1, 0.15) is 20.7 Å². The molecule has 2 amide bonds. The molecule has 0 aromatic heterocycles. The van der Waals surface area contributed by atoms with Gasteiger partial charge in [-0.3, -0.25) is 20.4 Å². The third-order valence-corrected chi connectivity index (χ3v) is 4.60. The Labute approximate surface area is 153 Å². The van der Waals surface area contributed by atoms with Gasteiger partial charge in [-0.2, -0.15) is 0 Å². The first-order valence-corrected chi connectivity index (χ1v) is 8.82. The molecule has 2 aromatic carbocycles. The van der Waals surface area contributed by atoms with Crippen molar-refractivity contribution in [3.05, 3.63) is 58.4 Å². The van der Waals surface area contributed by atoms with Gasteiger partial charge >= 0.3 is 0 Å². The van der Waals surface area contributed by atoms with E-state index in [1.165, 1.54) is 31.4 Å². The second-order valence-electron chi connectivity index (χ2n) is 4.95. The third-order valence-electron chi connectivity index (χ3n) is 3.20. The van der Waals surface area contributed by atoms with Crippen LogP contribution in [0.3, 0.4) is 0 Å². The van der Waals surface area contributed by atoms with Gasteiger partial charge in [0.15, 0.2) is 11.6 Å². The van der Waals surface area contributed by atoms with Gasteiger partial charge in [-0.1, -0.05) is 11.6 Å². The molecule has 0 saturated heterocycles. The summed E-state index contributed by atoms with van der Waals surface area (Å²) < 4.78 is 41.2. The summed E-state index contributed by atoms with van der Waals surface area (Å²) in [6, 6.07) is 6.87. The minimum atomic E-state index is -4.13. The predicted molar refractivity (Wildman–Crippen MR) is 90.7 cm³/mol. The number of primary sulfonamides is 1. The molecule has 0 fully saturated rings. The van der Waals surface area contributed by atoms with Gasteiger partial charge in [0.25, 0.3) is 11.8 Å². The van der Waals surface area contributed by atoms with Crippen LogP contribution in [0.4, 0.5) is 4.39 Å². The summed E-state index contributed by atoms with van der Waals surface area (Å²) in [5.41, 5.74) is 3.97. The lowest BCUT2D eigenvalue weighted by atomic mass is 10.2. The highest BCUT2D eigenvalue weighted by atomic mass is 35.5. The van der Waals surface area contributed by atoms with Crippen LogP contribution in [0, 0.1) is 5.82 Å². The van der Waals surface area contributed by atoms with Crippen LogP contribution in [0.5, 0.6) is 5.75 Å². The number of nitrogens with two attached hydrogens (primary N) is 1. The fourth-order valence-corrected chi connectivity index (χ4v) is 3.00. The molecule has 2 aromatic rings. The smallest absolute Gasteiger partial charge is 0.269 e. The highest BCUT2D eigenvalue weighted by Gasteiger charge is 2.17.